The van der Waals surface area contributed by atoms with E-state index in [0.29, 0.717) is 11.3 Å². The van der Waals surface area contributed by atoms with Crippen molar-refractivity contribution in [3.8, 4) is 0 Å². The number of halogens is 1. The van der Waals surface area contributed by atoms with E-state index < -0.39 is 56.3 Å². The van der Waals surface area contributed by atoms with E-state index in [1.165, 1.54) is 20.8 Å². The van der Waals surface area contributed by atoms with Crippen LogP contribution >= 0.6 is 22.0 Å². The van der Waals surface area contributed by atoms with Gasteiger partial charge >= 0.3 is 11.1 Å². The highest BCUT2D eigenvalue weighted by Gasteiger charge is 2.38. The Bertz CT molecular complexity index is 898. The van der Waals surface area contributed by atoms with Gasteiger partial charge in [0.05, 0.1) is 4.92 Å². The summed E-state index contributed by atoms with van der Waals surface area (Å²) in [6.45, 7) is 4.60. The summed E-state index contributed by atoms with van der Waals surface area (Å²) in [6, 6.07) is 0. The lowest BCUT2D eigenvalue weighted by atomic mass is 10.2. The summed E-state index contributed by atoms with van der Waals surface area (Å²) in [6.07, 6.45) is -0.418. The van der Waals surface area contributed by atoms with Crippen LogP contribution in [0.2, 0.25) is 0 Å². The van der Waals surface area contributed by atoms with E-state index in [2.05, 4.69) is 0 Å². The molecule has 0 aliphatic heterocycles. The maximum Gasteiger partial charge on any atom is 0.408 e. The number of carbonyl (C=O) groups is 1. The van der Waals surface area contributed by atoms with Crippen molar-refractivity contribution >= 4 is 52.0 Å². The van der Waals surface area contributed by atoms with Crippen molar-refractivity contribution in [2.75, 3.05) is 6.26 Å². The van der Waals surface area contributed by atoms with Crippen LogP contribution in [0.25, 0.3) is 0 Å². The molecule has 142 valence electrons. The first-order valence-electron chi connectivity index (χ1n) is 6.43. The van der Waals surface area contributed by atoms with Gasteiger partial charge in [-0.1, -0.05) is 11.3 Å². The molecule has 1 aromatic rings. The summed E-state index contributed by atoms with van der Waals surface area (Å²) in [5, 5.41) is 11.2. The number of nitro groups is 1. The molecule has 1 atom stereocenters. The van der Waals surface area contributed by atoms with Crippen LogP contribution in [0.3, 0.4) is 0 Å². The monoisotopic (exact) mass is 434 g/mol. The van der Waals surface area contributed by atoms with Gasteiger partial charge in [0.2, 0.25) is 0 Å². The van der Waals surface area contributed by atoms with Gasteiger partial charge in [0, 0.05) is 27.9 Å². The molecule has 1 heterocycles. The first kappa shape index (κ1) is 21.6. The van der Waals surface area contributed by atoms with Crippen molar-refractivity contribution in [3.63, 3.8) is 0 Å². The van der Waals surface area contributed by atoms with Crippen LogP contribution in [0.4, 0.5) is 9.80 Å². The number of amides is 1. The molecule has 0 spiro atoms. The molecule has 25 heavy (non-hydrogen) atoms. The molecule has 0 aliphatic carbocycles. The molecular formula is C11H15ClN2O8S3. The molecule has 0 saturated heterocycles. The molecule has 1 unspecified atom stereocenters. The third kappa shape index (κ3) is 5.80. The number of nitrogens with one attached hydrogen (secondary N) is 1. The smallest absolute Gasteiger partial charge is 0.408 e. The molecule has 0 aromatic carbocycles. The molecular weight excluding hydrogens is 420 g/mol. The van der Waals surface area contributed by atoms with Crippen LogP contribution in [0.15, 0.2) is 10.3 Å². The molecule has 1 amide bonds. The average molecular weight is 435 g/mol. The average Bonchev–Trinajstić information content (AvgIpc) is 2.76. The Morgan fingerprint density at radius 3 is 2.24 bits per heavy atom. The Morgan fingerprint density at radius 2 is 1.88 bits per heavy atom. The number of thiophene rings is 1. The number of hydrogen-bond donors (Lipinski definition) is 1. The van der Waals surface area contributed by atoms with Crippen molar-refractivity contribution in [2.24, 2.45) is 0 Å². The van der Waals surface area contributed by atoms with E-state index in [1.54, 1.807) is 0 Å². The summed E-state index contributed by atoms with van der Waals surface area (Å²) >= 11 is 0.377. The molecule has 0 saturated carbocycles. The van der Waals surface area contributed by atoms with Crippen LogP contribution in [-0.4, -0.2) is 39.7 Å². The van der Waals surface area contributed by atoms with Crippen LogP contribution in [-0.2, 0) is 23.6 Å². The molecule has 1 N–H and O–H groups in total. The largest absolute Gasteiger partial charge is 0.444 e. The van der Waals surface area contributed by atoms with E-state index in [4.69, 9.17) is 15.4 Å². The molecule has 0 bridgehead atoms. The highest BCUT2D eigenvalue weighted by molar-refractivity contribution is 8.14. The molecule has 0 fully saturated rings. The summed E-state index contributed by atoms with van der Waals surface area (Å²) in [4.78, 5) is 20.9. The van der Waals surface area contributed by atoms with Gasteiger partial charge in [-0.3, -0.25) is 10.1 Å². The fraction of sp³-hybridized carbons (Fsp3) is 0.545. The second-order valence-corrected chi connectivity index (χ2v) is 11.4. The number of sulfone groups is 1. The Hall–Kier alpha value is -1.44. The Kier molecular flexibility index (Phi) is 6.09. The van der Waals surface area contributed by atoms with Crippen molar-refractivity contribution < 1.29 is 31.3 Å². The predicted octanol–water partition coefficient (Wildman–Crippen LogP) is 2.15. The van der Waals surface area contributed by atoms with E-state index in [0.717, 1.165) is 11.6 Å². The lowest BCUT2D eigenvalue weighted by Crippen LogP contribution is -2.38. The number of hydrogen-bond acceptors (Lipinski definition) is 9. The third-order valence-electron chi connectivity index (χ3n) is 2.52. The van der Waals surface area contributed by atoms with E-state index in [9.17, 15) is 31.7 Å². The zero-order valence-corrected chi connectivity index (χ0v) is 16.7. The molecule has 0 radical (unpaired) electrons. The lowest BCUT2D eigenvalue weighted by Gasteiger charge is -2.22. The number of nitrogens with zero attached hydrogens (tertiary/aromatic N) is 1. The fourth-order valence-corrected chi connectivity index (χ4v) is 5.57. The molecule has 0 aliphatic rings. The van der Waals surface area contributed by atoms with Gasteiger partial charge in [0.15, 0.2) is 20.1 Å². The maximum absolute atomic E-state index is 12.0. The van der Waals surface area contributed by atoms with Gasteiger partial charge in [0.1, 0.15) is 5.60 Å². The van der Waals surface area contributed by atoms with Gasteiger partial charge < -0.3 is 10.1 Å². The maximum atomic E-state index is 12.0. The summed E-state index contributed by atoms with van der Waals surface area (Å²) in [7, 11) is -3.55. The topological polar surface area (TPSA) is 150 Å². The Balaban J connectivity index is 3.50. The minimum atomic E-state index is -4.66. The van der Waals surface area contributed by atoms with E-state index in [-0.39, 0.29) is 0 Å². The number of carbonyl (C=O) groups excluding carboxylic acids is 1. The van der Waals surface area contributed by atoms with Gasteiger partial charge in [-0.25, -0.2) is 21.6 Å². The zero-order chi connectivity index (χ0) is 19.8. The van der Waals surface area contributed by atoms with Crippen molar-refractivity contribution in [3.05, 3.63) is 21.1 Å². The minimum Gasteiger partial charge on any atom is -0.444 e. The standard InChI is InChI=1S/C11H15ClN2O8S3/c1-11(2,3)22-10(15)13-8(24(4,18)19)6-5-23-9(14(16)17)7(6)25(12,20)21/h5,8H,1-4H3,(H,13,15). The molecule has 1 rings (SSSR count). The SMILES string of the molecule is CC(C)(C)OC(=O)NC(c1csc([N+](=O)[O-])c1S(=O)(=O)Cl)S(C)(=O)=O. The van der Waals surface area contributed by atoms with Gasteiger partial charge in [-0.2, -0.15) is 0 Å². The van der Waals surface area contributed by atoms with E-state index in [1.807, 2.05) is 5.32 Å². The highest BCUT2D eigenvalue weighted by Crippen LogP contribution is 2.40. The van der Waals surface area contributed by atoms with Gasteiger partial charge in [-0.15, -0.1) is 0 Å². The minimum absolute atomic E-state index is 0.377. The van der Waals surface area contributed by atoms with Crippen LogP contribution in [0, 0.1) is 10.1 Å². The molecule has 14 heteroatoms. The summed E-state index contributed by atoms with van der Waals surface area (Å²) in [5.41, 5.74) is -1.48. The Morgan fingerprint density at radius 1 is 1.36 bits per heavy atom. The third-order valence-corrected chi connectivity index (χ3v) is 6.21. The van der Waals surface area contributed by atoms with Crippen molar-refractivity contribution in [1.29, 1.82) is 0 Å². The van der Waals surface area contributed by atoms with Crippen LogP contribution < -0.4 is 5.32 Å². The summed E-state index contributed by atoms with van der Waals surface area (Å²) < 4.78 is 52.4. The first-order valence-corrected chi connectivity index (χ1v) is 11.6. The first-order chi connectivity index (χ1) is 11.0. The number of rotatable bonds is 5. The molecule has 1 aromatic heterocycles. The number of alkyl carbamates (subject to hydrolysis) is 1. The van der Waals surface area contributed by atoms with Gasteiger partial charge in [-0.05, 0) is 20.8 Å². The normalized spacial score (nSPS) is 14.0. The van der Waals surface area contributed by atoms with Gasteiger partial charge in [0.25, 0.3) is 9.05 Å². The second-order valence-electron chi connectivity index (χ2n) is 5.88. The zero-order valence-electron chi connectivity index (χ0n) is 13.5. The van der Waals surface area contributed by atoms with Crippen LogP contribution in [0.5, 0.6) is 0 Å². The summed E-state index contributed by atoms with van der Waals surface area (Å²) in [5.74, 6) is 0. The molecule has 10 nitrogen and oxygen atoms in total. The van der Waals surface area contributed by atoms with Crippen molar-refractivity contribution in [2.45, 2.75) is 36.6 Å². The van der Waals surface area contributed by atoms with Crippen molar-refractivity contribution in [1.82, 2.24) is 5.32 Å². The Labute approximate surface area is 152 Å². The quantitative estimate of drug-likeness (QED) is 0.420. The number of ether oxygens (including phenoxy) is 1. The second kappa shape index (κ2) is 7.05. The van der Waals surface area contributed by atoms with E-state index >= 15 is 0 Å². The highest BCUT2D eigenvalue weighted by atomic mass is 35.7. The predicted molar refractivity (Wildman–Crippen MR) is 91.0 cm³/mol. The fourth-order valence-electron chi connectivity index (χ4n) is 1.73. The van der Waals surface area contributed by atoms with Crippen LogP contribution in [0.1, 0.15) is 31.7 Å². The lowest BCUT2D eigenvalue weighted by molar-refractivity contribution is -0.383.